The van der Waals surface area contributed by atoms with E-state index in [0.29, 0.717) is 4.88 Å². The van der Waals surface area contributed by atoms with Crippen LogP contribution < -0.4 is 0 Å². The largest absolute Gasteiger partial charge is 0.477 e. The first kappa shape index (κ1) is 14.0. The summed E-state index contributed by atoms with van der Waals surface area (Å²) >= 11 is 1.40. The minimum Gasteiger partial charge on any atom is -0.477 e. The third-order valence-corrected chi connectivity index (χ3v) is 4.73. The molecule has 6 heteroatoms. The molecule has 3 heterocycles. The smallest absolute Gasteiger partial charge is 0.345 e. The molecule has 1 N–H and O–H groups in total. The van der Waals surface area contributed by atoms with Gasteiger partial charge in [-0.15, -0.1) is 17.9 Å². The molecule has 0 atom stereocenters. The molecule has 1 aliphatic heterocycles. The number of rotatable bonds is 5. The predicted octanol–water partition coefficient (Wildman–Crippen LogP) is 2.39. The first-order chi connectivity index (χ1) is 10.2. The number of fused-ring (bicyclic) bond motifs is 1. The van der Waals surface area contributed by atoms with E-state index in [1.54, 1.807) is 0 Å². The van der Waals surface area contributed by atoms with E-state index in [1.165, 1.54) is 27.3 Å². The van der Waals surface area contributed by atoms with Gasteiger partial charge >= 0.3 is 5.97 Å². The molecule has 0 unspecified atom stereocenters. The van der Waals surface area contributed by atoms with E-state index in [4.69, 9.17) is 5.11 Å². The van der Waals surface area contributed by atoms with Gasteiger partial charge in [0, 0.05) is 36.3 Å². The van der Waals surface area contributed by atoms with E-state index in [1.807, 2.05) is 29.2 Å². The molecular weight excluding hydrogens is 286 g/mol. The fraction of sp³-hybridized carbons (Fsp3) is 0.333. The quantitative estimate of drug-likeness (QED) is 0.862. The molecular formula is C15H17N3O2S. The maximum Gasteiger partial charge on any atom is 0.345 e. The molecule has 0 saturated carbocycles. The fourth-order valence-electron chi connectivity index (χ4n) is 2.59. The van der Waals surface area contributed by atoms with E-state index < -0.39 is 5.97 Å². The lowest BCUT2D eigenvalue weighted by Crippen LogP contribution is -2.28. The van der Waals surface area contributed by atoms with Crippen LogP contribution in [-0.4, -0.2) is 32.3 Å². The minimum absolute atomic E-state index is 0.445. The van der Waals surface area contributed by atoms with E-state index in [-0.39, 0.29) is 0 Å². The molecule has 0 aromatic carbocycles. The molecule has 0 bridgehead atoms. The highest BCUT2D eigenvalue weighted by atomic mass is 32.1. The van der Waals surface area contributed by atoms with Crippen LogP contribution in [0.2, 0.25) is 0 Å². The third kappa shape index (κ3) is 3.06. The van der Waals surface area contributed by atoms with Crippen molar-refractivity contribution in [2.24, 2.45) is 0 Å². The summed E-state index contributed by atoms with van der Waals surface area (Å²) in [5.74, 6) is -0.827. The molecule has 0 spiro atoms. The number of hydrogen-bond donors (Lipinski definition) is 1. The minimum atomic E-state index is -0.827. The van der Waals surface area contributed by atoms with Gasteiger partial charge in [-0.05, 0) is 18.1 Å². The molecule has 2 aromatic rings. The van der Waals surface area contributed by atoms with Gasteiger partial charge in [-0.25, -0.2) is 4.79 Å². The van der Waals surface area contributed by atoms with Gasteiger partial charge in [-0.3, -0.25) is 9.58 Å². The second-order valence-corrected chi connectivity index (χ2v) is 6.32. The molecule has 1 aliphatic rings. The van der Waals surface area contributed by atoms with Crippen molar-refractivity contribution < 1.29 is 9.90 Å². The standard InChI is InChI=1S/C15H17N3O2S/c1-2-4-18-9-11(7-16-18)8-17-5-3-12-6-13(15(19)20)21-14(12)10-17/h2,6-7,9H,1,3-5,8,10H2,(H,19,20). The van der Waals surface area contributed by atoms with Gasteiger partial charge < -0.3 is 5.11 Å². The molecule has 0 saturated heterocycles. The number of carbonyl (C=O) groups is 1. The Hall–Kier alpha value is -1.92. The van der Waals surface area contributed by atoms with Crippen LogP contribution in [0, 0.1) is 0 Å². The second kappa shape index (κ2) is 5.83. The molecule has 5 nitrogen and oxygen atoms in total. The van der Waals surface area contributed by atoms with Crippen LogP contribution >= 0.6 is 11.3 Å². The van der Waals surface area contributed by atoms with Gasteiger partial charge in [-0.1, -0.05) is 6.08 Å². The van der Waals surface area contributed by atoms with Gasteiger partial charge in [0.1, 0.15) is 4.88 Å². The number of carboxylic acid groups (broad SMARTS) is 1. The predicted molar refractivity (Wildman–Crippen MR) is 81.5 cm³/mol. The van der Waals surface area contributed by atoms with Gasteiger partial charge in [0.15, 0.2) is 0 Å². The van der Waals surface area contributed by atoms with Crippen LogP contribution in [0.1, 0.15) is 25.7 Å². The maximum atomic E-state index is 11.0. The Balaban J connectivity index is 1.67. The zero-order valence-electron chi connectivity index (χ0n) is 11.7. The SMILES string of the molecule is C=CCn1cc(CN2CCc3cc(C(=O)O)sc3C2)cn1. The Kier molecular flexibility index (Phi) is 3.90. The van der Waals surface area contributed by atoms with Crippen molar-refractivity contribution in [2.45, 2.75) is 26.1 Å². The highest BCUT2D eigenvalue weighted by Gasteiger charge is 2.21. The van der Waals surface area contributed by atoms with Gasteiger partial charge in [0.05, 0.1) is 12.7 Å². The Morgan fingerprint density at radius 1 is 1.57 bits per heavy atom. The molecule has 0 amide bonds. The summed E-state index contributed by atoms with van der Waals surface area (Å²) in [5.41, 5.74) is 2.37. The van der Waals surface area contributed by atoms with E-state index in [2.05, 4.69) is 16.6 Å². The van der Waals surface area contributed by atoms with Crippen molar-refractivity contribution >= 4 is 17.3 Å². The number of aromatic carboxylic acids is 1. The van der Waals surface area contributed by atoms with E-state index >= 15 is 0 Å². The van der Waals surface area contributed by atoms with Crippen molar-refractivity contribution in [3.05, 3.63) is 52.0 Å². The van der Waals surface area contributed by atoms with Gasteiger partial charge in [-0.2, -0.15) is 5.10 Å². The van der Waals surface area contributed by atoms with Crippen molar-refractivity contribution in [3.63, 3.8) is 0 Å². The lowest BCUT2D eigenvalue weighted by molar-refractivity contribution is 0.0702. The van der Waals surface area contributed by atoms with Crippen molar-refractivity contribution in [1.82, 2.24) is 14.7 Å². The van der Waals surface area contributed by atoms with Crippen molar-refractivity contribution in [2.75, 3.05) is 6.54 Å². The summed E-state index contributed by atoms with van der Waals surface area (Å²) in [6, 6.07) is 1.82. The van der Waals surface area contributed by atoms with Gasteiger partial charge in [0.2, 0.25) is 0 Å². The lowest BCUT2D eigenvalue weighted by atomic mass is 10.1. The zero-order valence-corrected chi connectivity index (χ0v) is 12.5. The Labute approximate surface area is 127 Å². The molecule has 110 valence electrons. The fourth-order valence-corrected chi connectivity index (χ4v) is 3.68. The molecule has 0 fully saturated rings. The Bertz CT molecular complexity index is 674. The maximum absolute atomic E-state index is 11.0. The van der Waals surface area contributed by atoms with Crippen LogP contribution in [-0.2, 0) is 26.1 Å². The van der Waals surface area contributed by atoms with Crippen LogP contribution in [0.15, 0.2) is 31.1 Å². The summed E-state index contributed by atoms with van der Waals surface area (Å²) in [7, 11) is 0. The number of hydrogen-bond acceptors (Lipinski definition) is 4. The summed E-state index contributed by atoms with van der Waals surface area (Å²) in [4.78, 5) is 15.0. The van der Waals surface area contributed by atoms with Gasteiger partial charge in [0.25, 0.3) is 0 Å². The first-order valence-corrected chi connectivity index (χ1v) is 7.67. The summed E-state index contributed by atoms with van der Waals surface area (Å²) in [6.07, 6.45) is 6.66. The second-order valence-electron chi connectivity index (χ2n) is 5.18. The highest BCUT2D eigenvalue weighted by Crippen LogP contribution is 2.28. The van der Waals surface area contributed by atoms with E-state index in [9.17, 15) is 4.79 Å². The topological polar surface area (TPSA) is 58.4 Å². The van der Waals surface area contributed by atoms with Crippen molar-refractivity contribution in [3.8, 4) is 0 Å². The number of allylic oxidation sites excluding steroid dienone is 1. The average molecular weight is 303 g/mol. The van der Waals surface area contributed by atoms with Crippen molar-refractivity contribution in [1.29, 1.82) is 0 Å². The molecule has 21 heavy (non-hydrogen) atoms. The normalized spacial score (nSPS) is 14.9. The first-order valence-electron chi connectivity index (χ1n) is 6.85. The number of aromatic nitrogens is 2. The Morgan fingerprint density at radius 3 is 3.19 bits per heavy atom. The number of thiophene rings is 1. The van der Waals surface area contributed by atoms with E-state index in [0.717, 1.165) is 32.6 Å². The zero-order chi connectivity index (χ0) is 14.8. The van der Waals surface area contributed by atoms with Crippen LogP contribution in [0.3, 0.4) is 0 Å². The molecule has 3 rings (SSSR count). The van der Waals surface area contributed by atoms with Crippen LogP contribution in [0.25, 0.3) is 0 Å². The summed E-state index contributed by atoms with van der Waals surface area (Å²) in [5, 5.41) is 13.4. The third-order valence-electron chi connectivity index (χ3n) is 3.58. The molecule has 2 aromatic heterocycles. The molecule has 0 radical (unpaired) electrons. The average Bonchev–Trinajstić information content (AvgIpc) is 3.05. The Morgan fingerprint density at radius 2 is 2.43 bits per heavy atom. The highest BCUT2D eigenvalue weighted by molar-refractivity contribution is 7.14. The van der Waals surface area contributed by atoms with Crippen LogP contribution in [0.5, 0.6) is 0 Å². The summed E-state index contributed by atoms with van der Waals surface area (Å²) < 4.78 is 1.87. The summed E-state index contributed by atoms with van der Waals surface area (Å²) in [6.45, 7) is 7.04. The number of carboxylic acids is 1. The molecule has 0 aliphatic carbocycles. The number of nitrogens with zero attached hydrogens (tertiary/aromatic N) is 3. The monoisotopic (exact) mass is 303 g/mol. The van der Waals surface area contributed by atoms with Crippen LogP contribution in [0.4, 0.5) is 0 Å². The lowest BCUT2D eigenvalue weighted by Gasteiger charge is -2.25.